The molecule has 86 valence electrons. The number of rotatable bonds is 3. The third kappa shape index (κ3) is 2.62. The van der Waals surface area contributed by atoms with Gasteiger partial charge in [-0.05, 0) is 40.2 Å². The zero-order chi connectivity index (χ0) is 12.3. The van der Waals surface area contributed by atoms with Crippen LogP contribution in [0.25, 0.3) is 0 Å². The van der Waals surface area contributed by atoms with E-state index in [0.29, 0.717) is 5.82 Å². The first kappa shape index (κ1) is 11.6. The molecule has 2 rings (SSSR count). The molecule has 0 fully saturated rings. The van der Waals surface area contributed by atoms with Crippen molar-refractivity contribution in [2.45, 2.75) is 0 Å². The van der Waals surface area contributed by atoms with Crippen molar-refractivity contribution in [3.8, 4) is 0 Å². The minimum absolute atomic E-state index is 0.142. The summed E-state index contributed by atoms with van der Waals surface area (Å²) in [6, 6.07) is 10.5. The molecule has 0 radical (unpaired) electrons. The number of hydrogen-bond acceptors (Lipinski definition) is 3. The van der Waals surface area contributed by atoms with E-state index in [-0.39, 0.29) is 5.56 Å². The fourth-order valence-corrected chi connectivity index (χ4v) is 1.75. The van der Waals surface area contributed by atoms with E-state index in [1.807, 2.05) is 24.3 Å². The van der Waals surface area contributed by atoms with Gasteiger partial charge in [-0.3, -0.25) is 0 Å². The highest BCUT2D eigenvalue weighted by atomic mass is 79.9. The van der Waals surface area contributed by atoms with Gasteiger partial charge in [-0.25, -0.2) is 9.78 Å². The average Bonchev–Trinajstić information content (AvgIpc) is 2.32. The van der Waals surface area contributed by atoms with E-state index in [0.717, 1.165) is 10.2 Å². The lowest BCUT2D eigenvalue weighted by molar-refractivity contribution is 0.0697. The molecule has 2 N–H and O–H groups in total. The highest BCUT2D eigenvalue weighted by molar-refractivity contribution is 9.10. The quantitative estimate of drug-likeness (QED) is 0.911. The van der Waals surface area contributed by atoms with E-state index in [1.54, 1.807) is 12.3 Å². The first-order valence-corrected chi connectivity index (χ1v) is 5.67. The van der Waals surface area contributed by atoms with Gasteiger partial charge < -0.3 is 10.4 Å². The smallest absolute Gasteiger partial charge is 0.339 e. The van der Waals surface area contributed by atoms with Crippen LogP contribution in [-0.4, -0.2) is 16.1 Å². The second-order valence-corrected chi connectivity index (χ2v) is 4.16. The molecule has 0 aliphatic heterocycles. The van der Waals surface area contributed by atoms with Gasteiger partial charge in [0.15, 0.2) is 0 Å². The Morgan fingerprint density at radius 1 is 1.24 bits per heavy atom. The maximum atomic E-state index is 11.0. The number of aromatic nitrogens is 1. The van der Waals surface area contributed by atoms with Crippen LogP contribution >= 0.6 is 15.9 Å². The van der Waals surface area contributed by atoms with Crippen LogP contribution in [0.3, 0.4) is 0 Å². The van der Waals surface area contributed by atoms with Gasteiger partial charge in [0.1, 0.15) is 11.4 Å². The normalized spacial score (nSPS) is 9.94. The first-order valence-electron chi connectivity index (χ1n) is 4.88. The van der Waals surface area contributed by atoms with E-state index in [9.17, 15) is 4.79 Å². The Bertz CT molecular complexity index is 558. The molecular formula is C12H9BrN2O2. The number of halogens is 1. The molecule has 4 nitrogen and oxygen atoms in total. The molecule has 5 heteroatoms. The van der Waals surface area contributed by atoms with Gasteiger partial charge >= 0.3 is 5.97 Å². The Labute approximate surface area is 106 Å². The molecule has 0 bridgehead atoms. The molecular weight excluding hydrogens is 284 g/mol. The predicted octanol–water partition coefficient (Wildman–Crippen LogP) is 3.29. The molecule has 2 aromatic rings. The fourth-order valence-electron chi connectivity index (χ4n) is 1.37. The summed E-state index contributed by atoms with van der Waals surface area (Å²) in [5.74, 6) is -0.681. The van der Waals surface area contributed by atoms with Crippen molar-refractivity contribution >= 4 is 33.4 Å². The van der Waals surface area contributed by atoms with E-state index >= 15 is 0 Å². The minimum Gasteiger partial charge on any atom is -0.478 e. The molecule has 0 unspecified atom stereocenters. The molecule has 1 heterocycles. The molecule has 0 saturated carbocycles. The largest absolute Gasteiger partial charge is 0.478 e. The lowest BCUT2D eigenvalue weighted by atomic mass is 10.2. The Balaban J connectivity index is 2.37. The second-order valence-electron chi connectivity index (χ2n) is 3.31. The number of nitrogens with zero attached hydrogens (tertiary/aromatic N) is 1. The number of pyridine rings is 1. The fraction of sp³-hybridized carbons (Fsp3) is 0. The minimum atomic E-state index is -1.01. The summed E-state index contributed by atoms with van der Waals surface area (Å²) in [7, 11) is 0. The van der Waals surface area contributed by atoms with Crippen molar-refractivity contribution in [3.05, 3.63) is 52.6 Å². The van der Waals surface area contributed by atoms with Crippen molar-refractivity contribution in [2.75, 3.05) is 5.32 Å². The zero-order valence-electron chi connectivity index (χ0n) is 8.72. The van der Waals surface area contributed by atoms with Crippen LogP contribution in [0, 0.1) is 0 Å². The monoisotopic (exact) mass is 292 g/mol. The number of aromatic carboxylic acids is 1. The Morgan fingerprint density at radius 3 is 2.71 bits per heavy atom. The van der Waals surface area contributed by atoms with E-state index in [2.05, 4.69) is 26.2 Å². The number of para-hydroxylation sites is 1. The summed E-state index contributed by atoms with van der Waals surface area (Å²) >= 11 is 3.38. The molecule has 0 amide bonds. The van der Waals surface area contributed by atoms with E-state index in [1.165, 1.54) is 6.07 Å². The van der Waals surface area contributed by atoms with Gasteiger partial charge in [0.2, 0.25) is 0 Å². The average molecular weight is 293 g/mol. The standard InChI is InChI=1S/C12H9BrN2O2/c13-9-5-1-2-6-10(9)15-11-8(12(16)17)4-3-7-14-11/h1-7H,(H,14,15)(H,16,17). The molecule has 0 atom stereocenters. The third-order valence-electron chi connectivity index (χ3n) is 2.17. The van der Waals surface area contributed by atoms with Gasteiger partial charge in [-0.2, -0.15) is 0 Å². The number of carboxylic acid groups (broad SMARTS) is 1. The SMILES string of the molecule is O=C(O)c1cccnc1Nc1ccccc1Br. The maximum absolute atomic E-state index is 11.0. The van der Waals surface area contributed by atoms with E-state index in [4.69, 9.17) is 5.11 Å². The lowest BCUT2D eigenvalue weighted by Crippen LogP contribution is -2.04. The molecule has 0 aliphatic rings. The Kier molecular flexibility index (Phi) is 3.39. The molecule has 0 spiro atoms. The maximum Gasteiger partial charge on any atom is 0.339 e. The van der Waals surface area contributed by atoms with Crippen molar-refractivity contribution in [1.82, 2.24) is 4.98 Å². The predicted molar refractivity (Wildman–Crippen MR) is 68.6 cm³/mol. The van der Waals surface area contributed by atoms with Crippen molar-refractivity contribution in [2.24, 2.45) is 0 Å². The van der Waals surface area contributed by atoms with Crippen LogP contribution in [0.5, 0.6) is 0 Å². The summed E-state index contributed by atoms with van der Waals surface area (Å²) < 4.78 is 0.849. The summed E-state index contributed by atoms with van der Waals surface area (Å²) in [6.07, 6.45) is 1.55. The summed E-state index contributed by atoms with van der Waals surface area (Å²) in [5, 5.41) is 12.0. The number of carboxylic acids is 1. The summed E-state index contributed by atoms with van der Waals surface area (Å²) in [4.78, 5) is 15.0. The van der Waals surface area contributed by atoms with Crippen molar-refractivity contribution in [3.63, 3.8) is 0 Å². The van der Waals surface area contributed by atoms with Crippen LogP contribution in [0.2, 0.25) is 0 Å². The van der Waals surface area contributed by atoms with E-state index < -0.39 is 5.97 Å². The zero-order valence-corrected chi connectivity index (χ0v) is 10.3. The van der Waals surface area contributed by atoms with Gasteiger partial charge in [-0.15, -0.1) is 0 Å². The highest BCUT2D eigenvalue weighted by Crippen LogP contribution is 2.25. The summed E-state index contributed by atoms with van der Waals surface area (Å²) in [5.41, 5.74) is 0.914. The third-order valence-corrected chi connectivity index (χ3v) is 2.86. The number of carbonyl (C=O) groups is 1. The number of benzene rings is 1. The number of nitrogens with one attached hydrogen (secondary N) is 1. The Hall–Kier alpha value is -1.88. The Morgan fingerprint density at radius 2 is 2.00 bits per heavy atom. The second kappa shape index (κ2) is 4.97. The molecule has 1 aromatic carbocycles. The van der Waals surface area contributed by atoms with Gasteiger partial charge in [0.25, 0.3) is 0 Å². The molecule has 17 heavy (non-hydrogen) atoms. The molecule has 0 saturated heterocycles. The van der Waals surface area contributed by atoms with Crippen LogP contribution in [0.4, 0.5) is 11.5 Å². The molecule has 1 aromatic heterocycles. The summed E-state index contributed by atoms with van der Waals surface area (Å²) in [6.45, 7) is 0. The topological polar surface area (TPSA) is 62.2 Å². The van der Waals surface area contributed by atoms with Crippen LogP contribution in [0.15, 0.2) is 47.1 Å². The highest BCUT2D eigenvalue weighted by Gasteiger charge is 2.11. The van der Waals surface area contributed by atoms with Gasteiger partial charge in [-0.1, -0.05) is 12.1 Å². The van der Waals surface area contributed by atoms with Crippen LogP contribution in [0.1, 0.15) is 10.4 Å². The lowest BCUT2D eigenvalue weighted by Gasteiger charge is -2.09. The number of hydrogen-bond donors (Lipinski definition) is 2. The molecule has 0 aliphatic carbocycles. The van der Waals surface area contributed by atoms with Gasteiger partial charge in [0.05, 0.1) is 5.69 Å². The number of anilines is 2. The van der Waals surface area contributed by atoms with Crippen molar-refractivity contribution in [1.29, 1.82) is 0 Å². The van der Waals surface area contributed by atoms with Crippen LogP contribution in [-0.2, 0) is 0 Å². The first-order chi connectivity index (χ1) is 8.18. The van der Waals surface area contributed by atoms with Crippen molar-refractivity contribution < 1.29 is 9.90 Å². The van der Waals surface area contributed by atoms with Crippen LogP contribution < -0.4 is 5.32 Å². The van der Waals surface area contributed by atoms with Gasteiger partial charge in [0, 0.05) is 10.7 Å².